The number of pyridine rings is 2. The van der Waals surface area contributed by atoms with Gasteiger partial charge in [0.05, 0.1) is 5.52 Å². The molecular formula is C24H30N4. The van der Waals surface area contributed by atoms with Gasteiger partial charge in [0, 0.05) is 29.9 Å². The van der Waals surface area contributed by atoms with E-state index in [0.29, 0.717) is 0 Å². The molecule has 0 aliphatic carbocycles. The van der Waals surface area contributed by atoms with Crippen molar-refractivity contribution in [2.45, 2.75) is 33.1 Å². The third-order valence-corrected chi connectivity index (χ3v) is 5.81. The number of likely N-dealkylation sites (tertiary alicyclic amines) is 1. The van der Waals surface area contributed by atoms with Crippen LogP contribution in [0.15, 0.2) is 48.5 Å². The van der Waals surface area contributed by atoms with Crippen molar-refractivity contribution in [1.29, 1.82) is 0 Å². The molecule has 1 aliphatic rings. The van der Waals surface area contributed by atoms with Gasteiger partial charge in [-0.1, -0.05) is 30.3 Å². The summed E-state index contributed by atoms with van der Waals surface area (Å²) in [6.45, 7) is 8.49. The van der Waals surface area contributed by atoms with Crippen LogP contribution in [0, 0.1) is 19.8 Å². The fraction of sp³-hybridized carbons (Fsp3) is 0.417. The second-order valence-corrected chi connectivity index (χ2v) is 8.01. The van der Waals surface area contributed by atoms with E-state index in [1.807, 2.05) is 13.8 Å². The first-order valence-electron chi connectivity index (χ1n) is 10.4. The average Bonchev–Trinajstić information content (AvgIpc) is 2.70. The van der Waals surface area contributed by atoms with Crippen molar-refractivity contribution in [3.63, 3.8) is 0 Å². The Balaban J connectivity index is 1.24. The molecule has 0 atom stereocenters. The largest absolute Gasteiger partial charge is 0.369 e. The molecule has 1 N–H and O–H groups in total. The maximum Gasteiger partial charge on any atom is 0.126 e. The molecule has 4 rings (SSSR count). The van der Waals surface area contributed by atoms with Gasteiger partial charge < -0.3 is 10.2 Å². The number of anilines is 1. The van der Waals surface area contributed by atoms with E-state index in [2.05, 4.69) is 63.7 Å². The van der Waals surface area contributed by atoms with E-state index in [-0.39, 0.29) is 0 Å². The Morgan fingerprint density at radius 3 is 2.57 bits per heavy atom. The van der Waals surface area contributed by atoms with E-state index in [1.165, 1.54) is 37.9 Å². The predicted octanol–water partition coefficient (Wildman–Crippen LogP) is 4.61. The molecule has 0 bridgehead atoms. The summed E-state index contributed by atoms with van der Waals surface area (Å²) in [5.41, 5.74) is 4.57. The second kappa shape index (κ2) is 8.70. The van der Waals surface area contributed by atoms with Gasteiger partial charge >= 0.3 is 0 Å². The van der Waals surface area contributed by atoms with Crippen LogP contribution in [0.5, 0.6) is 0 Å². The first-order valence-corrected chi connectivity index (χ1v) is 10.4. The Morgan fingerprint density at radius 1 is 1.00 bits per heavy atom. The molecular weight excluding hydrogens is 344 g/mol. The zero-order valence-corrected chi connectivity index (χ0v) is 17.0. The van der Waals surface area contributed by atoms with Gasteiger partial charge in [-0.15, -0.1) is 0 Å². The molecule has 3 aromatic rings. The molecule has 0 unspecified atom stereocenters. The highest BCUT2D eigenvalue weighted by Crippen LogP contribution is 2.22. The fourth-order valence-electron chi connectivity index (χ4n) is 4.25. The van der Waals surface area contributed by atoms with Crippen molar-refractivity contribution in [3.8, 4) is 0 Å². The highest BCUT2D eigenvalue weighted by atomic mass is 15.1. The summed E-state index contributed by atoms with van der Waals surface area (Å²) in [6.07, 6.45) is 3.82. The van der Waals surface area contributed by atoms with Crippen molar-refractivity contribution in [1.82, 2.24) is 14.9 Å². The van der Waals surface area contributed by atoms with E-state index in [0.717, 1.165) is 47.1 Å². The predicted molar refractivity (Wildman–Crippen MR) is 117 cm³/mol. The Labute approximate surface area is 168 Å². The first-order chi connectivity index (χ1) is 13.7. The quantitative estimate of drug-likeness (QED) is 0.684. The van der Waals surface area contributed by atoms with Crippen LogP contribution in [0.4, 0.5) is 5.82 Å². The summed E-state index contributed by atoms with van der Waals surface area (Å²) >= 11 is 0. The van der Waals surface area contributed by atoms with E-state index in [4.69, 9.17) is 4.98 Å². The molecule has 4 heteroatoms. The number of aromatic nitrogens is 2. The van der Waals surface area contributed by atoms with E-state index < -0.39 is 0 Å². The number of hydrogen-bond donors (Lipinski definition) is 1. The van der Waals surface area contributed by atoms with Gasteiger partial charge in [-0.2, -0.15) is 0 Å². The highest BCUT2D eigenvalue weighted by Gasteiger charge is 2.19. The smallest absolute Gasteiger partial charge is 0.126 e. The Bertz CT molecular complexity index is 915. The molecule has 1 fully saturated rings. The van der Waals surface area contributed by atoms with Crippen LogP contribution in [0.25, 0.3) is 10.9 Å². The maximum absolute atomic E-state index is 4.77. The van der Waals surface area contributed by atoms with Gasteiger partial charge in [0.1, 0.15) is 5.82 Å². The molecule has 0 spiro atoms. The SMILES string of the molecule is Cc1cc2nc(NCCN3CCC(Cc4ccccc4)CC3)ccc2c(C)n1. The summed E-state index contributed by atoms with van der Waals surface area (Å²) in [6, 6.07) is 17.2. The molecule has 0 saturated carbocycles. The molecule has 28 heavy (non-hydrogen) atoms. The van der Waals surface area contributed by atoms with Gasteiger partial charge in [0.2, 0.25) is 0 Å². The number of benzene rings is 1. The number of aryl methyl sites for hydroxylation is 2. The molecule has 3 heterocycles. The van der Waals surface area contributed by atoms with Crippen molar-refractivity contribution < 1.29 is 0 Å². The number of fused-ring (bicyclic) bond motifs is 1. The van der Waals surface area contributed by atoms with E-state index in [9.17, 15) is 0 Å². The summed E-state index contributed by atoms with van der Waals surface area (Å²) in [5, 5.41) is 4.64. The third kappa shape index (κ3) is 4.68. The molecule has 1 saturated heterocycles. The van der Waals surface area contributed by atoms with Gasteiger partial charge in [0.25, 0.3) is 0 Å². The van der Waals surface area contributed by atoms with Crippen LogP contribution in [0.2, 0.25) is 0 Å². The number of nitrogens with one attached hydrogen (secondary N) is 1. The van der Waals surface area contributed by atoms with E-state index >= 15 is 0 Å². The lowest BCUT2D eigenvalue weighted by Gasteiger charge is -2.32. The minimum absolute atomic E-state index is 0.828. The Morgan fingerprint density at radius 2 is 1.79 bits per heavy atom. The van der Waals surface area contributed by atoms with Gasteiger partial charge in [0.15, 0.2) is 0 Å². The molecule has 146 valence electrons. The standard InChI is InChI=1S/C24H30N4/c1-18-16-23-22(19(2)26-18)8-9-24(27-23)25-12-15-28-13-10-21(11-14-28)17-20-6-4-3-5-7-20/h3-9,16,21H,10-15,17H2,1-2H3,(H,25,27). The van der Waals surface area contributed by atoms with Gasteiger partial charge in [-0.25, -0.2) is 4.98 Å². The van der Waals surface area contributed by atoms with Crippen LogP contribution in [-0.2, 0) is 6.42 Å². The Kier molecular flexibility index (Phi) is 5.87. The number of hydrogen-bond acceptors (Lipinski definition) is 4. The van der Waals surface area contributed by atoms with Gasteiger partial charge in [-0.05, 0) is 75.9 Å². The summed E-state index contributed by atoms with van der Waals surface area (Å²) in [4.78, 5) is 11.9. The van der Waals surface area contributed by atoms with Crippen LogP contribution in [0.1, 0.15) is 29.8 Å². The first kappa shape index (κ1) is 18.9. The number of nitrogens with zero attached hydrogens (tertiary/aromatic N) is 3. The van der Waals surface area contributed by atoms with Crippen LogP contribution in [-0.4, -0.2) is 41.0 Å². The minimum atomic E-state index is 0.828. The van der Waals surface area contributed by atoms with Crippen molar-refractivity contribution in [2.75, 3.05) is 31.5 Å². The maximum atomic E-state index is 4.77. The lowest BCUT2D eigenvalue weighted by atomic mass is 9.90. The average molecular weight is 375 g/mol. The molecule has 1 aliphatic heterocycles. The lowest BCUT2D eigenvalue weighted by molar-refractivity contribution is 0.190. The summed E-state index contributed by atoms with van der Waals surface area (Å²) in [7, 11) is 0. The zero-order valence-electron chi connectivity index (χ0n) is 17.0. The highest BCUT2D eigenvalue weighted by molar-refractivity contribution is 5.82. The molecule has 1 aromatic carbocycles. The fourth-order valence-corrected chi connectivity index (χ4v) is 4.25. The summed E-state index contributed by atoms with van der Waals surface area (Å²) in [5.74, 6) is 1.78. The van der Waals surface area contributed by atoms with Gasteiger partial charge in [-0.3, -0.25) is 4.98 Å². The Hall–Kier alpha value is -2.46. The topological polar surface area (TPSA) is 41.1 Å². The minimum Gasteiger partial charge on any atom is -0.369 e. The zero-order chi connectivity index (χ0) is 19.3. The van der Waals surface area contributed by atoms with Crippen LogP contribution in [0.3, 0.4) is 0 Å². The van der Waals surface area contributed by atoms with E-state index in [1.54, 1.807) is 0 Å². The molecule has 4 nitrogen and oxygen atoms in total. The van der Waals surface area contributed by atoms with Crippen molar-refractivity contribution in [3.05, 3.63) is 65.5 Å². The summed E-state index contributed by atoms with van der Waals surface area (Å²) < 4.78 is 0. The van der Waals surface area contributed by atoms with Crippen LogP contribution < -0.4 is 5.32 Å². The molecule has 2 aromatic heterocycles. The van der Waals surface area contributed by atoms with Crippen molar-refractivity contribution >= 4 is 16.7 Å². The van der Waals surface area contributed by atoms with Crippen LogP contribution >= 0.6 is 0 Å². The molecule has 0 amide bonds. The second-order valence-electron chi connectivity index (χ2n) is 8.01. The number of piperidine rings is 1. The third-order valence-electron chi connectivity index (χ3n) is 5.81. The monoisotopic (exact) mass is 374 g/mol. The molecule has 0 radical (unpaired) electrons. The van der Waals surface area contributed by atoms with Crippen molar-refractivity contribution in [2.24, 2.45) is 5.92 Å². The lowest BCUT2D eigenvalue weighted by Crippen LogP contribution is -2.37. The number of rotatable bonds is 6. The normalized spacial score (nSPS) is 15.8.